The number of benzene rings is 3. The number of hydrogen-bond acceptors (Lipinski definition) is 6. The highest BCUT2D eigenvalue weighted by atomic mass is 32.2. The van der Waals surface area contributed by atoms with Crippen molar-refractivity contribution in [1.29, 1.82) is 0 Å². The lowest BCUT2D eigenvalue weighted by Gasteiger charge is -2.08. The second-order valence-electron chi connectivity index (χ2n) is 6.49. The molecule has 0 spiro atoms. The van der Waals surface area contributed by atoms with E-state index in [9.17, 15) is 9.18 Å². The van der Waals surface area contributed by atoms with Crippen molar-refractivity contribution in [3.05, 3.63) is 90.2 Å². The number of ether oxygens (including phenoxy) is 1. The number of tetrazole rings is 1. The number of anilines is 1. The molecule has 1 N–H and O–H groups in total. The molecule has 0 saturated heterocycles. The van der Waals surface area contributed by atoms with Gasteiger partial charge in [-0.15, -0.1) is 5.10 Å². The Morgan fingerprint density at radius 1 is 1.03 bits per heavy atom. The van der Waals surface area contributed by atoms with Crippen LogP contribution >= 0.6 is 11.8 Å². The third-order valence-electron chi connectivity index (χ3n) is 4.21. The van der Waals surface area contributed by atoms with Crippen LogP contribution in [0.4, 0.5) is 10.1 Å². The molecule has 1 heterocycles. The summed E-state index contributed by atoms with van der Waals surface area (Å²) in [6.45, 7) is 0.475. The largest absolute Gasteiger partial charge is 0.489 e. The SMILES string of the molecule is O=C(CSc1nnnn1-c1cccc(F)c1)Nc1ccc(OCc2ccccc2)cc1. The summed E-state index contributed by atoms with van der Waals surface area (Å²) in [5.41, 5.74) is 2.22. The Balaban J connectivity index is 1.29. The van der Waals surface area contributed by atoms with Crippen LogP contribution < -0.4 is 10.1 Å². The van der Waals surface area contributed by atoms with Gasteiger partial charge in [-0.25, -0.2) is 4.39 Å². The Kier molecular flexibility index (Phi) is 6.53. The molecule has 0 aliphatic heterocycles. The van der Waals surface area contributed by atoms with Crippen LogP contribution in [0.5, 0.6) is 5.75 Å². The first kappa shape index (κ1) is 20.5. The fraction of sp³-hybridized carbons (Fsp3) is 0.0909. The number of aromatic nitrogens is 4. The predicted molar refractivity (Wildman–Crippen MR) is 116 cm³/mol. The second kappa shape index (κ2) is 9.86. The first-order valence-corrected chi connectivity index (χ1v) is 10.4. The minimum atomic E-state index is -0.391. The summed E-state index contributed by atoms with van der Waals surface area (Å²) in [6.07, 6.45) is 0. The van der Waals surface area contributed by atoms with Gasteiger partial charge in [-0.05, 0) is 58.5 Å². The van der Waals surface area contributed by atoms with E-state index in [2.05, 4.69) is 20.8 Å². The van der Waals surface area contributed by atoms with Crippen molar-refractivity contribution >= 4 is 23.4 Å². The van der Waals surface area contributed by atoms with Gasteiger partial charge in [-0.3, -0.25) is 4.79 Å². The molecule has 31 heavy (non-hydrogen) atoms. The van der Waals surface area contributed by atoms with Crippen LogP contribution in [0.15, 0.2) is 84.0 Å². The number of nitrogens with zero attached hydrogens (tertiary/aromatic N) is 4. The van der Waals surface area contributed by atoms with Crippen LogP contribution in [0.2, 0.25) is 0 Å². The average molecular weight is 435 g/mol. The van der Waals surface area contributed by atoms with Gasteiger partial charge in [0.15, 0.2) is 0 Å². The van der Waals surface area contributed by atoms with Gasteiger partial charge < -0.3 is 10.1 Å². The number of halogens is 1. The lowest BCUT2D eigenvalue weighted by molar-refractivity contribution is -0.113. The molecule has 0 bridgehead atoms. The molecular weight excluding hydrogens is 417 g/mol. The minimum absolute atomic E-state index is 0.0992. The van der Waals surface area contributed by atoms with Crippen molar-refractivity contribution in [2.75, 3.05) is 11.1 Å². The van der Waals surface area contributed by atoms with Crippen LogP contribution in [0, 0.1) is 5.82 Å². The number of thioether (sulfide) groups is 1. The van der Waals surface area contributed by atoms with Crippen molar-refractivity contribution < 1.29 is 13.9 Å². The zero-order valence-electron chi connectivity index (χ0n) is 16.3. The van der Waals surface area contributed by atoms with Crippen molar-refractivity contribution in [2.24, 2.45) is 0 Å². The van der Waals surface area contributed by atoms with E-state index in [4.69, 9.17) is 4.74 Å². The number of amides is 1. The van der Waals surface area contributed by atoms with Gasteiger partial charge in [0.05, 0.1) is 11.4 Å². The van der Waals surface area contributed by atoms with Crippen LogP contribution in [0.3, 0.4) is 0 Å². The topological polar surface area (TPSA) is 81.9 Å². The molecule has 7 nitrogen and oxygen atoms in total. The summed E-state index contributed by atoms with van der Waals surface area (Å²) >= 11 is 1.16. The monoisotopic (exact) mass is 435 g/mol. The molecule has 0 saturated carbocycles. The maximum Gasteiger partial charge on any atom is 0.234 e. The van der Waals surface area contributed by atoms with Crippen molar-refractivity contribution in [1.82, 2.24) is 20.2 Å². The van der Waals surface area contributed by atoms with Gasteiger partial charge in [0.1, 0.15) is 18.2 Å². The van der Waals surface area contributed by atoms with Gasteiger partial charge >= 0.3 is 0 Å². The molecule has 0 aliphatic carbocycles. The fourth-order valence-electron chi connectivity index (χ4n) is 2.74. The highest BCUT2D eigenvalue weighted by Crippen LogP contribution is 2.20. The Labute approximate surface area is 182 Å². The van der Waals surface area contributed by atoms with Gasteiger partial charge in [0.25, 0.3) is 0 Å². The summed E-state index contributed by atoms with van der Waals surface area (Å²) in [5, 5.41) is 14.6. The Hall–Kier alpha value is -3.72. The highest BCUT2D eigenvalue weighted by molar-refractivity contribution is 7.99. The Bertz CT molecular complexity index is 1150. The summed E-state index contributed by atoms with van der Waals surface area (Å²) in [5.74, 6) is 0.210. The van der Waals surface area contributed by atoms with Crippen LogP contribution in [0.25, 0.3) is 5.69 Å². The molecule has 1 aromatic heterocycles. The molecule has 156 valence electrons. The first-order valence-electron chi connectivity index (χ1n) is 9.41. The van der Waals surface area contributed by atoms with E-state index < -0.39 is 5.82 Å². The summed E-state index contributed by atoms with van der Waals surface area (Å²) in [6, 6.07) is 23.0. The molecule has 9 heteroatoms. The maximum atomic E-state index is 13.4. The number of carbonyl (C=O) groups is 1. The van der Waals surface area contributed by atoms with Gasteiger partial charge in [-0.2, -0.15) is 4.68 Å². The lowest BCUT2D eigenvalue weighted by Crippen LogP contribution is -2.14. The third-order valence-corrected chi connectivity index (χ3v) is 5.13. The van der Waals surface area contributed by atoms with E-state index in [1.165, 1.54) is 16.8 Å². The van der Waals surface area contributed by atoms with E-state index in [0.29, 0.717) is 28.9 Å². The van der Waals surface area contributed by atoms with E-state index in [1.807, 2.05) is 30.3 Å². The number of rotatable bonds is 8. The highest BCUT2D eigenvalue weighted by Gasteiger charge is 2.12. The molecule has 0 unspecified atom stereocenters. The minimum Gasteiger partial charge on any atom is -0.489 e. The smallest absolute Gasteiger partial charge is 0.234 e. The van der Waals surface area contributed by atoms with Gasteiger partial charge in [-0.1, -0.05) is 48.2 Å². The number of hydrogen-bond donors (Lipinski definition) is 1. The Morgan fingerprint density at radius 3 is 2.61 bits per heavy atom. The maximum absolute atomic E-state index is 13.4. The molecule has 0 radical (unpaired) electrons. The molecule has 0 aliphatic rings. The lowest BCUT2D eigenvalue weighted by atomic mass is 10.2. The van der Waals surface area contributed by atoms with Crippen LogP contribution in [0.1, 0.15) is 5.56 Å². The molecule has 3 aromatic carbocycles. The molecule has 0 atom stereocenters. The Morgan fingerprint density at radius 2 is 1.84 bits per heavy atom. The van der Waals surface area contributed by atoms with E-state index in [-0.39, 0.29) is 11.7 Å². The van der Waals surface area contributed by atoms with Gasteiger partial charge in [0, 0.05) is 5.69 Å². The number of carbonyl (C=O) groups excluding carboxylic acids is 1. The molecule has 1 amide bonds. The third kappa shape index (κ3) is 5.67. The van der Waals surface area contributed by atoms with Crippen molar-refractivity contribution in [3.63, 3.8) is 0 Å². The fourth-order valence-corrected chi connectivity index (χ4v) is 3.43. The van der Waals surface area contributed by atoms with E-state index in [1.54, 1.807) is 36.4 Å². The standard InChI is InChI=1S/C22H18FN5O2S/c23-17-7-4-8-19(13-17)28-22(25-26-27-28)31-15-21(29)24-18-9-11-20(12-10-18)30-14-16-5-2-1-3-6-16/h1-13H,14-15H2,(H,24,29). The van der Waals surface area contributed by atoms with Crippen molar-refractivity contribution in [2.45, 2.75) is 11.8 Å². The van der Waals surface area contributed by atoms with Crippen molar-refractivity contribution in [3.8, 4) is 11.4 Å². The number of nitrogens with one attached hydrogen (secondary N) is 1. The zero-order chi connectivity index (χ0) is 21.5. The molecule has 4 aromatic rings. The molecular formula is C22H18FN5O2S. The summed E-state index contributed by atoms with van der Waals surface area (Å²) < 4.78 is 20.6. The van der Waals surface area contributed by atoms with Crippen LogP contribution in [-0.2, 0) is 11.4 Å². The van der Waals surface area contributed by atoms with Crippen LogP contribution in [-0.4, -0.2) is 31.9 Å². The molecule has 4 rings (SSSR count). The summed E-state index contributed by atoms with van der Waals surface area (Å²) in [7, 11) is 0. The normalized spacial score (nSPS) is 10.6. The first-order chi connectivity index (χ1) is 15.2. The quantitative estimate of drug-likeness (QED) is 0.420. The predicted octanol–water partition coefficient (Wildman–Crippen LogP) is 4.11. The van der Waals surface area contributed by atoms with E-state index in [0.717, 1.165) is 17.3 Å². The van der Waals surface area contributed by atoms with Gasteiger partial charge in [0.2, 0.25) is 11.1 Å². The molecule has 0 fully saturated rings. The zero-order valence-corrected chi connectivity index (χ0v) is 17.1. The van der Waals surface area contributed by atoms with E-state index >= 15 is 0 Å². The average Bonchev–Trinajstić information content (AvgIpc) is 3.27. The summed E-state index contributed by atoms with van der Waals surface area (Å²) in [4.78, 5) is 12.3. The second-order valence-corrected chi connectivity index (χ2v) is 7.43.